The van der Waals surface area contributed by atoms with Crippen LogP contribution >= 0.6 is 0 Å². The molecule has 2 heterocycles. The smallest absolute Gasteiger partial charge is 0.320 e. The Balaban J connectivity index is 2.29. The maximum absolute atomic E-state index is 11.5. The molecule has 1 aromatic carbocycles. The molecule has 0 saturated carbocycles. The van der Waals surface area contributed by atoms with E-state index in [0.29, 0.717) is 22.2 Å². The Hall–Kier alpha value is -3.26. The van der Waals surface area contributed by atoms with Gasteiger partial charge in [-0.25, -0.2) is 0 Å². The Labute approximate surface area is 142 Å². The third kappa shape index (κ3) is 2.94. The molecule has 0 radical (unpaired) electrons. The number of carboxylic acids is 1. The largest absolute Gasteiger partial charge is 0.480 e. The van der Waals surface area contributed by atoms with Gasteiger partial charge in [0.1, 0.15) is 6.04 Å². The van der Waals surface area contributed by atoms with Crippen molar-refractivity contribution in [2.75, 3.05) is 0 Å². The van der Waals surface area contributed by atoms with Crippen molar-refractivity contribution >= 4 is 22.6 Å². The molecule has 0 saturated heterocycles. The second-order valence-corrected chi connectivity index (χ2v) is 5.75. The molecule has 0 spiro atoms. The Morgan fingerprint density at radius 2 is 2.04 bits per heavy atom. The van der Waals surface area contributed by atoms with Crippen molar-refractivity contribution < 1.29 is 14.8 Å². The molecule has 2 aromatic heterocycles. The van der Waals surface area contributed by atoms with E-state index in [9.17, 15) is 14.9 Å². The number of nitrogens with zero attached hydrogens (tertiary/aromatic N) is 2. The van der Waals surface area contributed by atoms with E-state index in [-0.39, 0.29) is 12.1 Å². The summed E-state index contributed by atoms with van der Waals surface area (Å²) in [6.07, 6.45) is 3.28. The van der Waals surface area contributed by atoms with Crippen molar-refractivity contribution in [3.8, 4) is 11.1 Å². The molecule has 8 nitrogen and oxygen atoms in total. The first-order valence-electron chi connectivity index (χ1n) is 7.57. The lowest BCUT2D eigenvalue weighted by atomic mass is 9.98. The molecular weight excluding hydrogens is 324 g/mol. The maximum Gasteiger partial charge on any atom is 0.320 e. The molecule has 4 N–H and O–H groups in total. The van der Waals surface area contributed by atoms with E-state index < -0.39 is 16.9 Å². The van der Waals surface area contributed by atoms with Gasteiger partial charge in [0, 0.05) is 36.1 Å². The number of fused-ring (bicyclic) bond motifs is 1. The fraction of sp³-hybridized carbons (Fsp3) is 0.176. The van der Waals surface area contributed by atoms with Gasteiger partial charge in [0.05, 0.1) is 15.8 Å². The maximum atomic E-state index is 11.5. The Kier molecular flexibility index (Phi) is 4.20. The highest BCUT2D eigenvalue weighted by Crippen LogP contribution is 2.37. The lowest BCUT2D eigenvalue weighted by molar-refractivity contribution is -0.383. The highest BCUT2D eigenvalue weighted by Gasteiger charge is 2.25. The van der Waals surface area contributed by atoms with E-state index in [1.807, 2.05) is 0 Å². The summed E-state index contributed by atoms with van der Waals surface area (Å²) in [5, 5.41) is 21.0. The Morgan fingerprint density at radius 1 is 1.36 bits per heavy atom. The number of nitro groups is 1. The minimum Gasteiger partial charge on any atom is -0.480 e. The molecule has 1 unspecified atom stereocenters. The predicted molar refractivity (Wildman–Crippen MR) is 92.2 cm³/mol. The summed E-state index contributed by atoms with van der Waals surface area (Å²) in [5.41, 5.74) is 9.00. The molecule has 0 aliphatic rings. The number of carboxylic acid groups (broad SMARTS) is 1. The minimum absolute atomic E-state index is 0.00179. The Bertz CT molecular complexity index is 966. The minimum atomic E-state index is -1.15. The number of aromatic amines is 1. The quantitative estimate of drug-likeness (QED) is 0.482. The molecule has 128 valence electrons. The number of nitrogens with one attached hydrogen (secondary N) is 1. The van der Waals surface area contributed by atoms with Gasteiger partial charge in [-0.2, -0.15) is 0 Å². The van der Waals surface area contributed by atoms with Crippen LogP contribution in [0.25, 0.3) is 22.0 Å². The van der Waals surface area contributed by atoms with Crippen LogP contribution in [-0.4, -0.2) is 32.0 Å². The van der Waals surface area contributed by atoms with Crippen LogP contribution in [0.15, 0.2) is 36.7 Å². The van der Waals surface area contributed by atoms with E-state index >= 15 is 0 Å². The number of rotatable bonds is 5. The van der Waals surface area contributed by atoms with Crippen LogP contribution in [0.1, 0.15) is 11.3 Å². The highest BCUT2D eigenvalue weighted by molar-refractivity contribution is 6.02. The van der Waals surface area contributed by atoms with Gasteiger partial charge in [0.25, 0.3) is 5.69 Å². The molecule has 3 rings (SSSR count). The monoisotopic (exact) mass is 340 g/mol. The van der Waals surface area contributed by atoms with E-state index in [1.165, 1.54) is 6.07 Å². The average molecular weight is 340 g/mol. The van der Waals surface area contributed by atoms with Gasteiger partial charge in [-0.05, 0) is 36.2 Å². The average Bonchev–Trinajstić information content (AvgIpc) is 2.91. The first kappa shape index (κ1) is 16.6. The molecule has 0 aliphatic carbocycles. The number of carbonyl (C=O) groups is 1. The van der Waals surface area contributed by atoms with E-state index in [1.54, 1.807) is 37.5 Å². The van der Waals surface area contributed by atoms with Gasteiger partial charge in [-0.15, -0.1) is 0 Å². The highest BCUT2D eigenvalue weighted by atomic mass is 16.6. The summed E-state index contributed by atoms with van der Waals surface area (Å²) in [5.74, 6) is -1.15. The van der Waals surface area contributed by atoms with Crippen molar-refractivity contribution in [2.45, 2.75) is 19.4 Å². The van der Waals surface area contributed by atoms with Crippen LogP contribution in [0.2, 0.25) is 0 Å². The number of hydrogen-bond acceptors (Lipinski definition) is 5. The summed E-state index contributed by atoms with van der Waals surface area (Å²) >= 11 is 0. The van der Waals surface area contributed by atoms with Gasteiger partial charge >= 0.3 is 5.97 Å². The number of aryl methyl sites for hydroxylation is 1. The van der Waals surface area contributed by atoms with Crippen molar-refractivity contribution in [2.24, 2.45) is 5.73 Å². The number of nitrogens with two attached hydrogens (primary N) is 1. The summed E-state index contributed by atoms with van der Waals surface area (Å²) in [4.78, 5) is 29.2. The first-order chi connectivity index (χ1) is 11.9. The Morgan fingerprint density at radius 3 is 2.64 bits per heavy atom. The lowest BCUT2D eigenvalue weighted by Gasteiger charge is -2.08. The van der Waals surface area contributed by atoms with Gasteiger partial charge in [0.2, 0.25) is 0 Å². The molecule has 8 heteroatoms. The van der Waals surface area contributed by atoms with Crippen LogP contribution in [0.3, 0.4) is 0 Å². The van der Waals surface area contributed by atoms with Crippen molar-refractivity contribution in [3.05, 3.63) is 58.0 Å². The summed E-state index contributed by atoms with van der Waals surface area (Å²) < 4.78 is 0. The summed E-state index contributed by atoms with van der Waals surface area (Å²) in [7, 11) is 0. The topological polar surface area (TPSA) is 135 Å². The molecule has 1 atom stereocenters. The number of hydrogen-bond donors (Lipinski definition) is 3. The SMILES string of the molecule is Cc1[nH]c2c(-c3ccncc3)ccc([N+](=O)[O-])c2c1CC(N)C(=O)O. The standard InChI is InChI=1S/C17H16N4O4/c1-9-12(8-13(18)17(22)23)15-14(21(24)25)3-2-11(16(15)20-9)10-4-6-19-7-5-10/h2-7,13,20H,8,18H2,1H3,(H,22,23). The molecular formula is C17H16N4O4. The molecule has 25 heavy (non-hydrogen) atoms. The summed E-state index contributed by atoms with van der Waals surface area (Å²) in [6, 6.07) is 5.58. The third-order valence-corrected chi connectivity index (χ3v) is 4.18. The van der Waals surface area contributed by atoms with Crippen LogP contribution in [0, 0.1) is 17.0 Å². The third-order valence-electron chi connectivity index (χ3n) is 4.18. The van der Waals surface area contributed by atoms with Crippen LogP contribution < -0.4 is 5.73 Å². The van der Waals surface area contributed by atoms with Gasteiger partial charge < -0.3 is 15.8 Å². The molecule has 0 aliphatic heterocycles. The van der Waals surface area contributed by atoms with Crippen molar-refractivity contribution in [1.29, 1.82) is 0 Å². The zero-order chi connectivity index (χ0) is 18.1. The molecule has 0 bridgehead atoms. The number of benzene rings is 1. The first-order valence-corrected chi connectivity index (χ1v) is 7.57. The summed E-state index contributed by atoms with van der Waals surface area (Å²) in [6.45, 7) is 1.75. The molecule has 0 fully saturated rings. The number of non-ortho nitro benzene ring substituents is 1. The van der Waals surface area contributed by atoms with Crippen molar-refractivity contribution in [3.63, 3.8) is 0 Å². The molecule has 0 amide bonds. The van der Waals surface area contributed by atoms with Crippen molar-refractivity contribution in [1.82, 2.24) is 9.97 Å². The fourth-order valence-corrected chi connectivity index (χ4v) is 2.96. The van der Waals surface area contributed by atoms with Gasteiger partial charge in [-0.1, -0.05) is 0 Å². The van der Waals surface area contributed by atoms with Crippen LogP contribution in [-0.2, 0) is 11.2 Å². The number of aromatic nitrogens is 2. The van der Waals surface area contributed by atoms with Crippen LogP contribution in [0.4, 0.5) is 5.69 Å². The second kappa shape index (κ2) is 6.33. The van der Waals surface area contributed by atoms with Gasteiger partial charge in [0.15, 0.2) is 0 Å². The van der Waals surface area contributed by atoms with Gasteiger partial charge in [-0.3, -0.25) is 19.9 Å². The number of H-pyrrole nitrogens is 1. The number of pyridine rings is 1. The van der Waals surface area contributed by atoms with E-state index in [4.69, 9.17) is 10.8 Å². The lowest BCUT2D eigenvalue weighted by Crippen LogP contribution is -2.32. The zero-order valence-electron chi connectivity index (χ0n) is 13.4. The normalized spacial score (nSPS) is 12.2. The number of nitro benzene ring substituents is 1. The number of aliphatic carboxylic acids is 1. The predicted octanol–water partition coefficient (Wildman–Crippen LogP) is 2.40. The van der Waals surface area contributed by atoms with Crippen LogP contribution in [0.5, 0.6) is 0 Å². The van der Waals surface area contributed by atoms with E-state index in [2.05, 4.69) is 9.97 Å². The second-order valence-electron chi connectivity index (χ2n) is 5.75. The molecule has 3 aromatic rings. The fourth-order valence-electron chi connectivity index (χ4n) is 2.96. The van der Waals surface area contributed by atoms with E-state index in [0.717, 1.165) is 11.1 Å². The zero-order valence-corrected chi connectivity index (χ0v) is 13.4.